The summed E-state index contributed by atoms with van der Waals surface area (Å²) < 4.78 is 0. The van der Waals surface area contributed by atoms with Crippen LogP contribution in [0.25, 0.3) is 0 Å². The Hall–Kier alpha value is 0. The van der Waals surface area contributed by atoms with Gasteiger partial charge in [0.15, 0.2) is 0 Å². The minimum Gasteiger partial charge on any atom is -0.0628 e. The van der Waals surface area contributed by atoms with E-state index in [0.717, 1.165) is 17.3 Å². The van der Waals surface area contributed by atoms with Gasteiger partial charge in [0, 0.05) is 0 Å². The Morgan fingerprint density at radius 2 is 1.38 bits per heavy atom. The van der Waals surface area contributed by atoms with Gasteiger partial charge in [0.1, 0.15) is 0 Å². The van der Waals surface area contributed by atoms with Crippen molar-refractivity contribution in [1.82, 2.24) is 0 Å². The lowest BCUT2D eigenvalue weighted by Gasteiger charge is -2.46. The maximum atomic E-state index is 2.36. The molecule has 0 aromatic rings. The smallest absolute Gasteiger partial charge is 0.0269 e. The number of rotatable bonds is 8. The third-order valence-electron chi connectivity index (χ3n) is 6.53. The van der Waals surface area contributed by atoms with Crippen molar-refractivity contribution >= 4 is 0 Å². The fourth-order valence-corrected chi connectivity index (χ4v) is 5.22. The zero-order chi connectivity index (χ0) is 15.0. The molecule has 2 aliphatic carbocycles. The van der Waals surface area contributed by atoms with Gasteiger partial charge in [0.2, 0.25) is 0 Å². The van der Waals surface area contributed by atoms with E-state index >= 15 is 0 Å². The van der Waals surface area contributed by atoms with Gasteiger partial charge in [-0.25, -0.2) is 0 Å². The van der Waals surface area contributed by atoms with Gasteiger partial charge in [0.05, 0.1) is 0 Å². The Kier molecular flexibility index (Phi) is 7.61. The van der Waals surface area contributed by atoms with Crippen LogP contribution in [-0.4, -0.2) is 0 Å². The van der Waals surface area contributed by atoms with Crippen LogP contribution in [0.15, 0.2) is 0 Å². The number of hydrogen-bond donors (Lipinski definition) is 0. The van der Waals surface area contributed by atoms with Crippen molar-refractivity contribution in [2.75, 3.05) is 0 Å². The molecule has 0 aromatic heterocycles. The van der Waals surface area contributed by atoms with Crippen LogP contribution in [-0.2, 0) is 0 Å². The highest BCUT2D eigenvalue weighted by Crippen LogP contribution is 2.51. The Labute approximate surface area is 134 Å². The van der Waals surface area contributed by atoms with E-state index in [-0.39, 0.29) is 0 Å². The first-order chi connectivity index (χ1) is 10.2. The molecule has 21 heavy (non-hydrogen) atoms. The van der Waals surface area contributed by atoms with Gasteiger partial charge in [-0.3, -0.25) is 0 Å². The molecule has 0 heteroatoms. The molecule has 124 valence electrons. The highest BCUT2D eigenvalue weighted by atomic mass is 14.4. The van der Waals surface area contributed by atoms with Gasteiger partial charge in [-0.2, -0.15) is 0 Å². The average Bonchev–Trinajstić information content (AvgIpc) is 2.52. The Balaban J connectivity index is 1.74. The summed E-state index contributed by atoms with van der Waals surface area (Å²) in [7, 11) is 0. The SMILES string of the molecule is CC(C)CCCCCCC1(C2CCCCC2)CCCCC1. The molecule has 0 nitrogen and oxygen atoms in total. The van der Waals surface area contributed by atoms with Crippen LogP contribution in [0.5, 0.6) is 0 Å². The zero-order valence-electron chi connectivity index (χ0n) is 15.0. The van der Waals surface area contributed by atoms with E-state index in [4.69, 9.17) is 0 Å². The predicted octanol–water partition coefficient (Wildman–Crippen LogP) is 7.51. The highest BCUT2D eigenvalue weighted by Gasteiger charge is 2.39. The second kappa shape index (κ2) is 9.21. The molecular formula is C21H40. The zero-order valence-corrected chi connectivity index (χ0v) is 15.0. The van der Waals surface area contributed by atoms with E-state index in [1.165, 1.54) is 70.6 Å². The molecule has 0 amide bonds. The number of unbranched alkanes of at least 4 members (excludes halogenated alkanes) is 3. The van der Waals surface area contributed by atoms with Crippen molar-refractivity contribution in [2.45, 2.75) is 117 Å². The molecular weight excluding hydrogens is 252 g/mol. The van der Waals surface area contributed by atoms with Gasteiger partial charge in [-0.15, -0.1) is 0 Å². The minimum atomic E-state index is 0.788. The second-order valence-electron chi connectivity index (χ2n) is 8.60. The van der Waals surface area contributed by atoms with Crippen molar-refractivity contribution in [1.29, 1.82) is 0 Å². The standard InChI is InChI=1S/C21H40/c1-19(2)13-7-3-4-10-16-21(17-11-6-12-18-21)20-14-8-5-9-15-20/h19-20H,3-18H2,1-2H3. The largest absolute Gasteiger partial charge is 0.0628 e. The van der Waals surface area contributed by atoms with Crippen LogP contribution in [0.4, 0.5) is 0 Å². The van der Waals surface area contributed by atoms with Gasteiger partial charge in [0.25, 0.3) is 0 Å². The summed E-state index contributed by atoms with van der Waals surface area (Å²) in [6.45, 7) is 4.72. The molecule has 0 aliphatic heterocycles. The lowest BCUT2D eigenvalue weighted by Crippen LogP contribution is -2.34. The molecule has 0 radical (unpaired) electrons. The first-order valence-electron chi connectivity index (χ1n) is 10.2. The van der Waals surface area contributed by atoms with E-state index < -0.39 is 0 Å². The van der Waals surface area contributed by atoms with E-state index in [1.807, 2.05) is 0 Å². The Morgan fingerprint density at radius 3 is 2.05 bits per heavy atom. The quantitative estimate of drug-likeness (QED) is 0.406. The molecule has 0 saturated heterocycles. The van der Waals surface area contributed by atoms with Crippen molar-refractivity contribution in [3.8, 4) is 0 Å². The van der Waals surface area contributed by atoms with E-state index in [0.29, 0.717) is 0 Å². The van der Waals surface area contributed by atoms with Crippen LogP contribution >= 0.6 is 0 Å². The fraction of sp³-hybridized carbons (Fsp3) is 1.00. The van der Waals surface area contributed by atoms with E-state index in [2.05, 4.69) is 13.8 Å². The molecule has 0 bridgehead atoms. The summed E-state index contributed by atoms with van der Waals surface area (Å²) in [5.74, 6) is 2.00. The van der Waals surface area contributed by atoms with E-state index in [1.54, 1.807) is 32.1 Å². The predicted molar refractivity (Wildman–Crippen MR) is 94.6 cm³/mol. The first kappa shape index (κ1) is 17.4. The summed E-state index contributed by atoms with van der Waals surface area (Å²) in [6, 6.07) is 0. The molecule has 0 spiro atoms. The van der Waals surface area contributed by atoms with Crippen molar-refractivity contribution in [3.63, 3.8) is 0 Å². The molecule has 2 aliphatic rings. The van der Waals surface area contributed by atoms with Crippen molar-refractivity contribution in [2.24, 2.45) is 17.3 Å². The molecule has 2 saturated carbocycles. The van der Waals surface area contributed by atoms with Crippen LogP contribution in [0.1, 0.15) is 117 Å². The van der Waals surface area contributed by atoms with Crippen LogP contribution in [0.2, 0.25) is 0 Å². The van der Waals surface area contributed by atoms with E-state index in [9.17, 15) is 0 Å². The first-order valence-corrected chi connectivity index (χ1v) is 10.2. The maximum Gasteiger partial charge on any atom is -0.0269 e. The maximum absolute atomic E-state index is 2.36. The third kappa shape index (κ3) is 5.61. The van der Waals surface area contributed by atoms with Crippen molar-refractivity contribution < 1.29 is 0 Å². The lowest BCUT2D eigenvalue weighted by atomic mass is 9.59. The van der Waals surface area contributed by atoms with Gasteiger partial charge >= 0.3 is 0 Å². The van der Waals surface area contributed by atoms with Crippen LogP contribution < -0.4 is 0 Å². The minimum absolute atomic E-state index is 0.788. The molecule has 2 rings (SSSR count). The summed E-state index contributed by atoms with van der Waals surface area (Å²) in [5.41, 5.74) is 0.788. The monoisotopic (exact) mass is 292 g/mol. The van der Waals surface area contributed by atoms with Gasteiger partial charge in [-0.05, 0) is 49.4 Å². The summed E-state index contributed by atoms with van der Waals surface area (Å²) in [5, 5.41) is 0. The molecule has 0 aromatic carbocycles. The van der Waals surface area contributed by atoms with Gasteiger partial charge < -0.3 is 0 Å². The molecule has 0 unspecified atom stereocenters. The highest BCUT2D eigenvalue weighted by molar-refractivity contribution is 4.90. The lowest BCUT2D eigenvalue weighted by molar-refractivity contribution is 0.0545. The Bertz CT molecular complexity index is 253. The summed E-state index contributed by atoms with van der Waals surface area (Å²) in [6.07, 6.45) is 24.4. The van der Waals surface area contributed by atoms with Gasteiger partial charge in [-0.1, -0.05) is 84.5 Å². The number of hydrogen-bond acceptors (Lipinski definition) is 0. The van der Waals surface area contributed by atoms with Crippen LogP contribution in [0, 0.1) is 17.3 Å². The topological polar surface area (TPSA) is 0 Å². The fourth-order valence-electron chi connectivity index (χ4n) is 5.22. The average molecular weight is 293 g/mol. The molecule has 0 N–H and O–H groups in total. The third-order valence-corrected chi connectivity index (χ3v) is 6.53. The normalized spacial score (nSPS) is 23.6. The molecule has 2 fully saturated rings. The second-order valence-corrected chi connectivity index (χ2v) is 8.60. The summed E-state index contributed by atoms with van der Waals surface area (Å²) >= 11 is 0. The molecule has 0 heterocycles. The van der Waals surface area contributed by atoms with Crippen molar-refractivity contribution in [3.05, 3.63) is 0 Å². The molecule has 0 atom stereocenters. The summed E-state index contributed by atoms with van der Waals surface area (Å²) in [4.78, 5) is 0. The van der Waals surface area contributed by atoms with Crippen LogP contribution in [0.3, 0.4) is 0 Å². The Morgan fingerprint density at radius 1 is 0.762 bits per heavy atom.